The number of rotatable bonds is 4. The second kappa shape index (κ2) is 7.04. The van der Waals surface area contributed by atoms with Crippen molar-refractivity contribution in [3.05, 3.63) is 46.4 Å². The molecular formula is C16H12BrF2NO4. The molecule has 0 spiro atoms. The largest absolute Gasteiger partial charge is 0.486 e. The van der Waals surface area contributed by atoms with Gasteiger partial charge in [-0.05, 0) is 28.1 Å². The van der Waals surface area contributed by atoms with Crippen LogP contribution in [-0.2, 0) is 4.79 Å². The fourth-order valence-corrected chi connectivity index (χ4v) is 2.50. The molecule has 126 valence electrons. The molecule has 8 heteroatoms. The molecule has 0 saturated heterocycles. The molecule has 0 saturated carbocycles. The lowest BCUT2D eigenvalue weighted by atomic mass is 10.2. The molecule has 0 fully saturated rings. The number of nitrogens with one attached hydrogen (secondary N) is 1. The van der Waals surface area contributed by atoms with Gasteiger partial charge in [-0.25, -0.2) is 8.78 Å². The predicted octanol–water partition coefficient (Wildman–Crippen LogP) is 3.52. The van der Waals surface area contributed by atoms with Gasteiger partial charge in [-0.2, -0.15) is 0 Å². The van der Waals surface area contributed by atoms with E-state index in [9.17, 15) is 13.6 Å². The summed E-state index contributed by atoms with van der Waals surface area (Å²) in [5.74, 6) is -1.20. The maximum absolute atomic E-state index is 13.4. The quantitative estimate of drug-likeness (QED) is 0.854. The maximum atomic E-state index is 13.4. The molecule has 1 amide bonds. The number of halogens is 3. The van der Waals surface area contributed by atoms with E-state index in [1.165, 1.54) is 0 Å². The average molecular weight is 400 g/mol. The standard InChI is InChI=1S/C16H12BrF2NO4/c17-10-6-14-15(23-4-3-22-14)7-12(10)20-16(21)8-24-13-2-1-9(18)5-11(13)19/h1-2,5-7H,3-4,8H2,(H,20,21). The summed E-state index contributed by atoms with van der Waals surface area (Å²) in [5, 5.41) is 2.62. The first-order valence-corrected chi connectivity index (χ1v) is 7.79. The fraction of sp³-hybridized carbons (Fsp3) is 0.188. The summed E-state index contributed by atoms with van der Waals surface area (Å²) in [7, 11) is 0. The van der Waals surface area contributed by atoms with Crippen molar-refractivity contribution >= 4 is 27.5 Å². The molecule has 0 radical (unpaired) electrons. The lowest BCUT2D eigenvalue weighted by Gasteiger charge is -2.20. The van der Waals surface area contributed by atoms with E-state index in [1.807, 2.05) is 0 Å². The van der Waals surface area contributed by atoms with Gasteiger partial charge in [0, 0.05) is 22.7 Å². The van der Waals surface area contributed by atoms with Gasteiger partial charge in [-0.15, -0.1) is 0 Å². The van der Waals surface area contributed by atoms with Crippen LogP contribution in [-0.4, -0.2) is 25.7 Å². The van der Waals surface area contributed by atoms with Gasteiger partial charge < -0.3 is 19.5 Å². The van der Waals surface area contributed by atoms with Gasteiger partial charge in [0.15, 0.2) is 29.7 Å². The van der Waals surface area contributed by atoms with Crippen molar-refractivity contribution in [2.24, 2.45) is 0 Å². The van der Waals surface area contributed by atoms with Crippen molar-refractivity contribution in [1.29, 1.82) is 0 Å². The Morgan fingerprint density at radius 1 is 1.17 bits per heavy atom. The van der Waals surface area contributed by atoms with Gasteiger partial charge >= 0.3 is 0 Å². The van der Waals surface area contributed by atoms with E-state index < -0.39 is 24.1 Å². The summed E-state index contributed by atoms with van der Waals surface area (Å²) in [5.41, 5.74) is 0.465. The zero-order valence-electron chi connectivity index (χ0n) is 12.3. The number of carbonyl (C=O) groups excluding carboxylic acids is 1. The lowest BCUT2D eigenvalue weighted by Crippen LogP contribution is -2.21. The van der Waals surface area contributed by atoms with E-state index >= 15 is 0 Å². The van der Waals surface area contributed by atoms with Crippen LogP contribution >= 0.6 is 15.9 Å². The number of anilines is 1. The molecule has 5 nitrogen and oxygen atoms in total. The van der Waals surface area contributed by atoms with Crippen molar-refractivity contribution in [3.8, 4) is 17.2 Å². The van der Waals surface area contributed by atoms with Crippen molar-refractivity contribution < 1.29 is 27.8 Å². The smallest absolute Gasteiger partial charge is 0.262 e. The third-order valence-corrected chi connectivity index (χ3v) is 3.81. The van der Waals surface area contributed by atoms with Crippen LogP contribution in [0, 0.1) is 11.6 Å². The van der Waals surface area contributed by atoms with Crippen LogP contribution in [0.5, 0.6) is 17.2 Å². The number of benzene rings is 2. The third kappa shape index (κ3) is 3.76. The van der Waals surface area contributed by atoms with E-state index in [0.717, 1.165) is 12.1 Å². The topological polar surface area (TPSA) is 56.8 Å². The molecule has 0 unspecified atom stereocenters. The molecule has 1 N–H and O–H groups in total. The Hall–Kier alpha value is -2.35. The first-order valence-electron chi connectivity index (χ1n) is 7.00. The molecule has 2 aromatic rings. The van der Waals surface area contributed by atoms with Crippen LogP contribution in [0.15, 0.2) is 34.8 Å². The van der Waals surface area contributed by atoms with Gasteiger partial charge in [0.05, 0.1) is 5.69 Å². The van der Waals surface area contributed by atoms with E-state index in [4.69, 9.17) is 14.2 Å². The first-order chi connectivity index (χ1) is 11.5. The van der Waals surface area contributed by atoms with Crippen LogP contribution in [0.3, 0.4) is 0 Å². The number of hydrogen-bond acceptors (Lipinski definition) is 4. The Labute approximate surface area is 144 Å². The van der Waals surface area contributed by atoms with Crippen LogP contribution in [0.2, 0.25) is 0 Å². The molecule has 3 rings (SSSR count). The fourth-order valence-electron chi connectivity index (χ4n) is 2.08. The molecule has 1 heterocycles. The van der Waals surface area contributed by atoms with Crippen LogP contribution in [0.1, 0.15) is 0 Å². The maximum Gasteiger partial charge on any atom is 0.262 e. The van der Waals surface area contributed by atoms with Crippen molar-refractivity contribution in [2.45, 2.75) is 0 Å². The Morgan fingerprint density at radius 3 is 2.58 bits per heavy atom. The second-order valence-electron chi connectivity index (χ2n) is 4.89. The molecule has 0 atom stereocenters. The van der Waals surface area contributed by atoms with Crippen LogP contribution in [0.4, 0.5) is 14.5 Å². The highest BCUT2D eigenvalue weighted by Crippen LogP contribution is 2.38. The minimum atomic E-state index is -0.872. The van der Waals surface area contributed by atoms with E-state index in [-0.39, 0.29) is 5.75 Å². The summed E-state index contributed by atoms with van der Waals surface area (Å²) in [6, 6.07) is 6.16. The molecule has 1 aliphatic heterocycles. The van der Waals surface area contributed by atoms with E-state index in [1.54, 1.807) is 12.1 Å². The first kappa shape index (κ1) is 16.5. The normalized spacial score (nSPS) is 12.6. The van der Waals surface area contributed by atoms with Gasteiger partial charge in [0.1, 0.15) is 19.0 Å². The molecular weight excluding hydrogens is 388 g/mol. The Morgan fingerprint density at radius 2 is 1.88 bits per heavy atom. The summed E-state index contributed by atoms with van der Waals surface area (Å²) in [6.45, 7) is 0.459. The van der Waals surface area contributed by atoms with Crippen molar-refractivity contribution in [2.75, 3.05) is 25.1 Å². The molecule has 2 aromatic carbocycles. The third-order valence-electron chi connectivity index (χ3n) is 3.16. The number of hydrogen-bond donors (Lipinski definition) is 1. The second-order valence-corrected chi connectivity index (χ2v) is 5.74. The number of carbonyl (C=O) groups is 1. The number of fused-ring (bicyclic) bond motifs is 1. The molecule has 0 aliphatic carbocycles. The lowest BCUT2D eigenvalue weighted by molar-refractivity contribution is -0.118. The predicted molar refractivity (Wildman–Crippen MR) is 85.6 cm³/mol. The van der Waals surface area contributed by atoms with Crippen molar-refractivity contribution in [3.63, 3.8) is 0 Å². The van der Waals surface area contributed by atoms with Gasteiger partial charge in [0.25, 0.3) is 5.91 Å². The van der Waals surface area contributed by atoms with Gasteiger partial charge in [0.2, 0.25) is 0 Å². The summed E-state index contributed by atoms with van der Waals surface area (Å²) in [4.78, 5) is 12.0. The highest BCUT2D eigenvalue weighted by atomic mass is 79.9. The molecule has 1 aliphatic rings. The Balaban J connectivity index is 1.64. The summed E-state index contributed by atoms with van der Waals surface area (Å²) in [6.07, 6.45) is 0. The molecule has 0 bridgehead atoms. The monoisotopic (exact) mass is 399 g/mol. The zero-order valence-corrected chi connectivity index (χ0v) is 13.9. The zero-order chi connectivity index (χ0) is 17.1. The number of ether oxygens (including phenoxy) is 3. The van der Waals surface area contributed by atoms with Gasteiger partial charge in [-0.3, -0.25) is 4.79 Å². The Kier molecular flexibility index (Phi) is 4.84. The molecule has 0 aromatic heterocycles. The van der Waals surface area contributed by atoms with E-state index in [2.05, 4.69) is 21.2 Å². The molecule has 24 heavy (non-hydrogen) atoms. The minimum absolute atomic E-state index is 0.201. The summed E-state index contributed by atoms with van der Waals surface area (Å²) >= 11 is 3.33. The summed E-state index contributed by atoms with van der Waals surface area (Å²) < 4.78 is 42.8. The van der Waals surface area contributed by atoms with Gasteiger partial charge in [-0.1, -0.05) is 0 Å². The average Bonchev–Trinajstić information content (AvgIpc) is 2.55. The highest BCUT2D eigenvalue weighted by molar-refractivity contribution is 9.10. The highest BCUT2D eigenvalue weighted by Gasteiger charge is 2.16. The SMILES string of the molecule is O=C(COc1ccc(F)cc1F)Nc1cc2c(cc1Br)OCCO2. The minimum Gasteiger partial charge on any atom is -0.486 e. The van der Waals surface area contributed by atoms with Crippen molar-refractivity contribution in [1.82, 2.24) is 0 Å². The van der Waals surface area contributed by atoms with E-state index in [0.29, 0.717) is 40.9 Å². The van der Waals surface area contributed by atoms with Crippen LogP contribution < -0.4 is 19.5 Å². The number of amides is 1. The van der Waals surface area contributed by atoms with Crippen LogP contribution in [0.25, 0.3) is 0 Å². The Bertz CT molecular complexity index is 785.